The minimum absolute atomic E-state index is 0. The number of carbonyl (C=O) groups is 1. The standard InChI is InChI=1S/C18H14ClN5O3S.Na/c1-12-16(11-20)17(24(22-12)14-5-3-2-4-6-14)21-18(25)23-28(26,27)15-9-7-13(19)8-10-15;/h2-10H,1H3,(H2,21,22,23,25);/q;+1/p-1. The summed E-state index contributed by atoms with van der Waals surface area (Å²) < 4.78 is 29.2. The number of hydrogen-bond acceptors (Lipinski definition) is 5. The molecule has 0 saturated carbocycles. The van der Waals surface area contributed by atoms with Crippen LogP contribution in [0.5, 0.6) is 0 Å². The summed E-state index contributed by atoms with van der Waals surface area (Å²) in [5.74, 6) is 0.0336. The fourth-order valence-electron chi connectivity index (χ4n) is 2.43. The number of para-hydroxylation sites is 1. The molecule has 0 atom stereocenters. The maximum atomic E-state index is 12.3. The minimum atomic E-state index is -4.24. The minimum Gasteiger partial charge on any atom is -0.407 e. The smallest absolute Gasteiger partial charge is 0.407 e. The van der Waals surface area contributed by atoms with E-state index in [1.807, 2.05) is 6.07 Å². The molecule has 0 saturated heterocycles. The van der Waals surface area contributed by atoms with Crippen LogP contribution in [0.1, 0.15) is 11.3 Å². The first-order chi connectivity index (χ1) is 13.3. The van der Waals surface area contributed by atoms with E-state index in [1.165, 1.54) is 28.9 Å². The van der Waals surface area contributed by atoms with Crippen LogP contribution in [0.4, 0.5) is 10.6 Å². The van der Waals surface area contributed by atoms with Crippen molar-refractivity contribution in [3.63, 3.8) is 0 Å². The third-order valence-corrected chi connectivity index (χ3v) is 5.24. The summed E-state index contributed by atoms with van der Waals surface area (Å²) in [7, 11) is -4.24. The van der Waals surface area contributed by atoms with E-state index in [4.69, 9.17) is 11.6 Å². The first kappa shape index (κ1) is 22.9. The molecule has 0 aliphatic rings. The molecule has 0 bridgehead atoms. The summed E-state index contributed by atoms with van der Waals surface area (Å²) in [4.78, 5) is 12.1. The van der Waals surface area contributed by atoms with E-state index in [9.17, 15) is 18.5 Å². The van der Waals surface area contributed by atoms with Crippen molar-refractivity contribution in [1.82, 2.24) is 9.78 Å². The molecule has 1 N–H and O–H groups in total. The van der Waals surface area contributed by atoms with Gasteiger partial charge in [0.05, 0.1) is 27.7 Å². The molecule has 0 spiro atoms. The molecule has 0 fully saturated rings. The van der Waals surface area contributed by atoms with E-state index < -0.39 is 16.1 Å². The molecule has 0 aliphatic heterocycles. The summed E-state index contributed by atoms with van der Waals surface area (Å²) in [6, 6.07) is 14.8. The zero-order valence-corrected chi connectivity index (χ0v) is 19.1. The Morgan fingerprint density at radius 1 is 1.17 bits per heavy atom. The second-order valence-corrected chi connectivity index (χ2v) is 7.66. The van der Waals surface area contributed by atoms with Crippen LogP contribution in [0.25, 0.3) is 10.4 Å². The number of aryl methyl sites for hydroxylation is 1. The van der Waals surface area contributed by atoms with Crippen molar-refractivity contribution >= 4 is 33.5 Å². The Hall–Kier alpha value is -2.35. The van der Waals surface area contributed by atoms with Gasteiger partial charge in [0.25, 0.3) is 0 Å². The number of halogens is 1. The largest absolute Gasteiger partial charge is 1.00 e. The molecule has 2 aromatic carbocycles. The number of urea groups is 1. The Morgan fingerprint density at radius 2 is 1.79 bits per heavy atom. The van der Waals surface area contributed by atoms with Gasteiger partial charge in [0.1, 0.15) is 6.07 Å². The average Bonchev–Trinajstić information content (AvgIpc) is 2.97. The Morgan fingerprint density at radius 3 is 2.38 bits per heavy atom. The van der Waals surface area contributed by atoms with E-state index >= 15 is 0 Å². The predicted molar refractivity (Wildman–Crippen MR) is 104 cm³/mol. The fourth-order valence-corrected chi connectivity index (χ4v) is 3.40. The van der Waals surface area contributed by atoms with Crippen LogP contribution < -0.4 is 34.9 Å². The maximum absolute atomic E-state index is 12.3. The van der Waals surface area contributed by atoms with Crippen molar-refractivity contribution in [1.29, 1.82) is 5.26 Å². The van der Waals surface area contributed by atoms with E-state index in [2.05, 4.69) is 15.1 Å². The van der Waals surface area contributed by atoms with Gasteiger partial charge < -0.3 is 10.0 Å². The second-order valence-electron chi connectivity index (χ2n) is 5.62. The van der Waals surface area contributed by atoms with Gasteiger partial charge in [-0.05, 0) is 43.3 Å². The molecule has 8 nitrogen and oxygen atoms in total. The van der Waals surface area contributed by atoms with Gasteiger partial charge in [-0.3, -0.25) is 4.79 Å². The van der Waals surface area contributed by atoms with E-state index in [1.54, 1.807) is 37.3 Å². The average molecular weight is 438 g/mol. The summed E-state index contributed by atoms with van der Waals surface area (Å²) in [5.41, 5.74) is 1.07. The van der Waals surface area contributed by atoms with Gasteiger partial charge in [-0.1, -0.05) is 29.8 Å². The van der Waals surface area contributed by atoms with Crippen molar-refractivity contribution in [2.45, 2.75) is 11.8 Å². The van der Waals surface area contributed by atoms with Crippen LogP contribution in [-0.2, 0) is 10.0 Å². The number of amides is 2. The molecule has 2 amide bonds. The van der Waals surface area contributed by atoms with Crippen LogP contribution in [-0.4, -0.2) is 24.2 Å². The van der Waals surface area contributed by atoms with E-state index in [0.717, 1.165) is 0 Å². The van der Waals surface area contributed by atoms with Gasteiger partial charge in [-0.2, -0.15) is 10.4 Å². The summed E-state index contributed by atoms with van der Waals surface area (Å²) in [6.07, 6.45) is 0. The monoisotopic (exact) mass is 437 g/mol. The number of rotatable bonds is 4. The van der Waals surface area contributed by atoms with Gasteiger partial charge in [0.2, 0.25) is 10.0 Å². The fraction of sp³-hybridized carbons (Fsp3) is 0.0556. The number of anilines is 1. The van der Waals surface area contributed by atoms with E-state index in [0.29, 0.717) is 16.4 Å². The first-order valence-corrected chi connectivity index (χ1v) is 9.73. The van der Waals surface area contributed by atoms with Gasteiger partial charge in [-0.25, -0.2) is 13.1 Å². The third-order valence-electron chi connectivity index (χ3n) is 3.71. The summed E-state index contributed by atoms with van der Waals surface area (Å²) in [6.45, 7) is 1.61. The SMILES string of the molecule is Cc1nn(-c2ccccc2)c(NC(=O)[N-]S(=O)(=O)c2ccc(Cl)cc2)c1C#N.[Na+]. The van der Waals surface area contributed by atoms with Crippen molar-refractivity contribution in [2.75, 3.05) is 5.32 Å². The van der Waals surface area contributed by atoms with Crippen LogP contribution in [0, 0.1) is 18.3 Å². The molecule has 0 radical (unpaired) electrons. The van der Waals surface area contributed by atoms with Gasteiger partial charge >= 0.3 is 29.6 Å². The van der Waals surface area contributed by atoms with E-state index in [-0.39, 0.29) is 45.8 Å². The molecule has 0 aliphatic carbocycles. The quantitative estimate of drug-likeness (QED) is 0.611. The third kappa shape index (κ3) is 5.18. The number of nitrogens with one attached hydrogen (secondary N) is 1. The second kappa shape index (κ2) is 9.43. The predicted octanol–water partition coefficient (Wildman–Crippen LogP) is 1.00. The van der Waals surface area contributed by atoms with Crippen LogP contribution in [0.2, 0.25) is 5.02 Å². The summed E-state index contributed by atoms with van der Waals surface area (Å²) in [5, 5.41) is 16.3. The van der Waals surface area contributed by atoms with Gasteiger partial charge in [0.15, 0.2) is 6.03 Å². The molecule has 3 aromatic rings. The first-order valence-electron chi connectivity index (χ1n) is 7.91. The van der Waals surface area contributed by atoms with Crippen molar-refractivity contribution < 1.29 is 42.8 Å². The van der Waals surface area contributed by atoms with Crippen molar-refractivity contribution in [2.24, 2.45) is 0 Å². The van der Waals surface area contributed by atoms with Crippen molar-refractivity contribution in [3.05, 3.63) is 75.6 Å². The topological polar surface area (TPSA) is 119 Å². The Labute approximate surface area is 194 Å². The van der Waals surface area contributed by atoms with Gasteiger partial charge in [-0.15, -0.1) is 0 Å². The van der Waals surface area contributed by atoms with Crippen LogP contribution >= 0.6 is 11.6 Å². The Bertz CT molecular complexity index is 1170. The number of hydrogen-bond donors (Lipinski definition) is 1. The molecule has 29 heavy (non-hydrogen) atoms. The summed E-state index contributed by atoms with van der Waals surface area (Å²) >= 11 is 5.74. The molecule has 1 aromatic heterocycles. The number of nitriles is 1. The molecule has 3 rings (SSSR count). The normalized spacial score (nSPS) is 10.5. The Balaban J connectivity index is 0.00000300. The number of sulfonamides is 1. The number of carbonyl (C=O) groups excluding carboxylic acids is 1. The zero-order chi connectivity index (χ0) is 20.3. The van der Waals surface area contributed by atoms with Crippen molar-refractivity contribution in [3.8, 4) is 11.8 Å². The maximum Gasteiger partial charge on any atom is 1.00 e. The molecule has 0 unspecified atom stereocenters. The van der Waals surface area contributed by atoms with Gasteiger partial charge in [0, 0.05) is 5.02 Å². The molecule has 142 valence electrons. The molecular weight excluding hydrogens is 425 g/mol. The van der Waals surface area contributed by atoms with Crippen LogP contribution in [0.3, 0.4) is 0 Å². The van der Waals surface area contributed by atoms with Crippen LogP contribution in [0.15, 0.2) is 59.5 Å². The number of benzene rings is 2. The molecule has 1 heterocycles. The number of nitrogens with zero attached hydrogens (tertiary/aromatic N) is 4. The zero-order valence-electron chi connectivity index (χ0n) is 15.5. The molecular formula is C18H13ClN5NaO3S. The number of aromatic nitrogens is 2. The molecule has 11 heteroatoms. The Kier molecular flexibility index (Phi) is 7.46.